The Labute approximate surface area is 178 Å². The number of aliphatic hydroxyl groups is 1. The molecule has 0 aliphatic carbocycles. The van der Waals surface area contributed by atoms with Crippen molar-refractivity contribution in [3.05, 3.63) is 60.2 Å². The van der Waals surface area contributed by atoms with Crippen LogP contribution in [0.1, 0.15) is 52.3 Å². The van der Waals surface area contributed by atoms with Crippen LogP contribution in [-0.2, 0) is 9.59 Å². The van der Waals surface area contributed by atoms with Crippen molar-refractivity contribution in [2.75, 3.05) is 0 Å². The highest BCUT2D eigenvalue weighted by atomic mass is 16.4. The third-order valence-electron chi connectivity index (χ3n) is 5.37. The highest BCUT2D eigenvalue weighted by molar-refractivity contribution is 5.83. The average Bonchev–Trinajstić information content (AvgIpc) is 2.73. The summed E-state index contributed by atoms with van der Waals surface area (Å²) >= 11 is 0. The number of rotatable bonds is 10. The number of carbonyl (C=O) groups excluding carboxylic acids is 1. The Balaban J connectivity index is 2.15. The van der Waals surface area contributed by atoms with Gasteiger partial charge in [-0.25, -0.2) is 0 Å². The molecule has 6 nitrogen and oxygen atoms in total. The molecule has 2 rings (SSSR count). The third kappa shape index (κ3) is 6.68. The fraction of sp³-hybridized carbons (Fsp3) is 0.417. The van der Waals surface area contributed by atoms with Gasteiger partial charge in [0.2, 0.25) is 5.91 Å². The Kier molecular flexibility index (Phi) is 8.15. The van der Waals surface area contributed by atoms with E-state index in [-0.39, 0.29) is 12.3 Å². The Hall–Kier alpha value is -2.70. The second-order valence-electron chi connectivity index (χ2n) is 8.31. The molecule has 0 heterocycles. The molecule has 6 heteroatoms. The number of aliphatic hydroxyl groups excluding tert-OH is 1. The van der Waals surface area contributed by atoms with E-state index >= 15 is 0 Å². The molecule has 3 atom stereocenters. The first-order chi connectivity index (χ1) is 14.1. The van der Waals surface area contributed by atoms with E-state index in [0.29, 0.717) is 5.56 Å². The second kappa shape index (κ2) is 10.4. The van der Waals surface area contributed by atoms with Crippen LogP contribution in [0.3, 0.4) is 0 Å². The number of amides is 1. The van der Waals surface area contributed by atoms with E-state index in [9.17, 15) is 19.8 Å². The van der Waals surface area contributed by atoms with Gasteiger partial charge in [0.1, 0.15) is 6.23 Å². The van der Waals surface area contributed by atoms with Crippen LogP contribution in [0.2, 0.25) is 0 Å². The lowest BCUT2D eigenvalue weighted by Gasteiger charge is -2.30. The van der Waals surface area contributed by atoms with Crippen LogP contribution >= 0.6 is 0 Å². The highest BCUT2D eigenvalue weighted by Gasteiger charge is 2.29. The SMILES string of the molecule is CCC(C)(C)NC(=O)[C@H](C[C@H](C)C(=O)O)NC(O)c1ccc(-c2ccccc2)cc1. The van der Waals surface area contributed by atoms with Crippen molar-refractivity contribution in [2.24, 2.45) is 5.92 Å². The number of carboxylic acid groups (broad SMARTS) is 1. The number of nitrogens with one attached hydrogen (secondary N) is 2. The molecule has 0 fully saturated rings. The molecule has 162 valence electrons. The van der Waals surface area contributed by atoms with Crippen LogP contribution in [-0.4, -0.2) is 33.7 Å². The first kappa shape index (κ1) is 23.6. The lowest BCUT2D eigenvalue weighted by Crippen LogP contribution is -2.53. The van der Waals surface area contributed by atoms with E-state index in [0.717, 1.165) is 17.5 Å². The standard InChI is InChI=1S/C24H32N2O4/c1-5-24(3,4)26-22(28)20(15-16(2)23(29)30)25-21(27)19-13-11-18(12-14-19)17-9-7-6-8-10-17/h6-14,16,20-21,25,27H,5,15H2,1-4H3,(H,26,28)(H,29,30)/t16-,20-,21?/m0/s1. The maximum Gasteiger partial charge on any atom is 0.306 e. The van der Waals surface area contributed by atoms with Crippen molar-refractivity contribution in [1.29, 1.82) is 0 Å². The smallest absolute Gasteiger partial charge is 0.306 e. The fourth-order valence-corrected chi connectivity index (χ4v) is 2.99. The average molecular weight is 413 g/mol. The minimum Gasteiger partial charge on any atom is -0.481 e. The summed E-state index contributed by atoms with van der Waals surface area (Å²) in [6, 6.07) is 16.5. The molecule has 0 aliphatic rings. The molecular weight excluding hydrogens is 380 g/mol. The number of benzene rings is 2. The van der Waals surface area contributed by atoms with Crippen LogP contribution in [0.5, 0.6) is 0 Å². The molecule has 2 aromatic carbocycles. The van der Waals surface area contributed by atoms with E-state index < -0.39 is 29.7 Å². The number of carbonyl (C=O) groups is 2. The Morgan fingerprint density at radius 1 is 1.00 bits per heavy atom. The van der Waals surface area contributed by atoms with Gasteiger partial charge in [-0.05, 0) is 43.4 Å². The molecule has 2 aromatic rings. The van der Waals surface area contributed by atoms with Gasteiger partial charge in [0, 0.05) is 5.54 Å². The summed E-state index contributed by atoms with van der Waals surface area (Å²) in [5.74, 6) is -2.04. The number of hydrogen-bond acceptors (Lipinski definition) is 4. The van der Waals surface area contributed by atoms with Crippen LogP contribution in [0.25, 0.3) is 11.1 Å². The van der Waals surface area contributed by atoms with Gasteiger partial charge in [0.15, 0.2) is 0 Å². The number of hydrogen-bond donors (Lipinski definition) is 4. The van der Waals surface area contributed by atoms with Crippen molar-refractivity contribution in [3.8, 4) is 11.1 Å². The van der Waals surface area contributed by atoms with E-state index in [2.05, 4.69) is 10.6 Å². The van der Waals surface area contributed by atoms with E-state index in [1.807, 2.05) is 63.2 Å². The molecule has 1 amide bonds. The predicted molar refractivity (Wildman–Crippen MR) is 118 cm³/mol. The van der Waals surface area contributed by atoms with Crippen molar-refractivity contribution in [3.63, 3.8) is 0 Å². The molecule has 0 bridgehead atoms. The first-order valence-electron chi connectivity index (χ1n) is 10.3. The number of aliphatic carboxylic acids is 1. The zero-order chi connectivity index (χ0) is 22.3. The van der Waals surface area contributed by atoms with Crippen molar-refractivity contribution in [1.82, 2.24) is 10.6 Å². The van der Waals surface area contributed by atoms with Crippen LogP contribution in [0.15, 0.2) is 54.6 Å². The van der Waals surface area contributed by atoms with E-state index in [4.69, 9.17) is 0 Å². The molecule has 0 saturated carbocycles. The zero-order valence-electron chi connectivity index (χ0n) is 18.1. The molecule has 0 radical (unpaired) electrons. The van der Waals surface area contributed by atoms with Gasteiger partial charge >= 0.3 is 5.97 Å². The first-order valence-corrected chi connectivity index (χ1v) is 10.3. The fourth-order valence-electron chi connectivity index (χ4n) is 2.99. The summed E-state index contributed by atoms with van der Waals surface area (Å²) in [6.45, 7) is 7.32. The van der Waals surface area contributed by atoms with Gasteiger partial charge in [0.25, 0.3) is 0 Å². The summed E-state index contributed by atoms with van der Waals surface area (Å²) in [7, 11) is 0. The van der Waals surface area contributed by atoms with Gasteiger partial charge in [0.05, 0.1) is 12.0 Å². The molecular formula is C24H32N2O4. The highest BCUT2D eigenvalue weighted by Crippen LogP contribution is 2.22. The molecule has 4 N–H and O–H groups in total. The summed E-state index contributed by atoms with van der Waals surface area (Å²) in [4.78, 5) is 24.1. The van der Waals surface area contributed by atoms with Gasteiger partial charge < -0.3 is 15.5 Å². The lowest BCUT2D eigenvalue weighted by molar-refractivity contribution is -0.142. The second-order valence-corrected chi connectivity index (χ2v) is 8.31. The molecule has 1 unspecified atom stereocenters. The van der Waals surface area contributed by atoms with E-state index in [1.54, 1.807) is 19.1 Å². The Morgan fingerprint density at radius 2 is 1.57 bits per heavy atom. The van der Waals surface area contributed by atoms with Crippen molar-refractivity contribution in [2.45, 2.75) is 58.3 Å². The third-order valence-corrected chi connectivity index (χ3v) is 5.37. The van der Waals surface area contributed by atoms with Gasteiger partial charge in [-0.15, -0.1) is 0 Å². The normalized spacial score (nSPS) is 14.6. The minimum absolute atomic E-state index is 0.0696. The maximum atomic E-state index is 12.8. The molecule has 0 spiro atoms. The van der Waals surface area contributed by atoms with Crippen LogP contribution in [0.4, 0.5) is 0 Å². The topological polar surface area (TPSA) is 98.7 Å². The molecule has 0 saturated heterocycles. The van der Waals surface area contributed by atoms with Gasteiger partial charge in [-0.3, -0.25) is 14.9 Å². The van der Waals surface area contributed by atoms with Gasteiger partial charge in [-0.2, -0.15) is 0 Å². The van der Waals surface area contributed by atoms with Crippen molar-refractivity contribution >= 4 is 11.9 Å². The van der Waals surface area contributed by atoms with Crippen molar-refractivity contribution < 1.29 is 19.8 Å². The summed E-state index contributed by atoms with van der Waals surface area (Å²) < 4.78 is 0. The summed E-state index contributed by atoms with van der Waals surface area (Å²) in [6.07, 6.45) is -0.305. The molecule has 0 aliphatic heterocycles. The molecule has 0 aromatic heterocycles. The number of carboxylic acids is 1. The predicted octanol–water partition coefficient (Wildman–Crippen LogP) is 3.72. The Morgan fingerprint density at radius 3 is 2.10 bits per heavy atom. The Bertz CT molecular complexity index is 834. The quantitative estimate of drug-likeness (QED) is 0.446. The summed E-state index contributed by atoms with van der Waals surface area (Å²) in [5, 5.41) is 25.8. The lowest BCUT2D eigenvalue weighted by atomic mass is 9.97. The molecule has 30 heavy (non-hydrogen) atoms. The monoisotopic (exact) mass is 412 g/mol. The van der Waals surface area contributed by atoms with Crippen LogP contribution in [0, 0.1) is 5.92 Å². The largest absolute Gasteiger partial charge is 0.481 e. The minimum atomic E-state index is -1.10. The zero-order valence-corrected chi connectivity index (χ0v) is 18.1. The summed E-state index contributed by atoms with van der Waals surface area (Å²) in [5.41, 5.74) is 2.27. The maximum absolute atomic E-state index is 12.8. The van der Waals surface area contributed by atoms with E-state index in [1.165, 1.54) is 0 Å². The van der Waals surface area contributed by atoms with Gasteiger partial charge in [-0.1, -0.05) is 68.4 Å². The van der Waals surface area contributed by atoms with Crippen LogP contribution < -0.4 is 10.6 Å².